The van der Waals surface area contributed by atoms with Gasteiger partial charge in [-0.05, 0) is 37.3 Å². The largest absolute Gasteiger partial charge is 0.396 e. The van der Waals surface area contributed by atoms with E-state index in [1.54, 1.807) is 0 Å². The van der Waals surface area contributed by atoms with Gasteiger partial charge in [0.1, 0.15) is 0 Å². The van der Waals surface area contributed by atoms with E-state index in [-0.39, 0.29) is 12.0 Å². The molecule has 0 saturated heterocycles. The molecule has 4 heteroatoms. The maximum absolute atomic E-state index is 9.38. The molecule has 0 radical (unpaired) electrons. The SMILES string of the molecule is CCNC(=NCc1ccccc1CC)NCC1(CO)CC1. The number of aliphatic hydroxyl groups is 1. The summed E-state index contributed by atoms with van der Waals surface area (Å²) >= 11 is 0. The first-order valence-electron chi connectivity index (χ1n) is 7.93. The minimum Gasteiger partial charge on any atom is -0.396 e. The van der Waals surface area contributed by atoms with Crippen molar-refractivity contribution >= 4 is 5.96 Å². The monoisotopic (exact) mass is 289 g/mol. The number of aryl methyl sites for hydroxylation is 1. The van der Waals surface area contributed by atoms with Crippen molar-refractivity contribution in [1.82, 2.24) is 10.6 Å². The molecule has 0 unspecified atom stereocenters. The Bertz CT molecular complexity index is 481. The van der Waals surface area contributed by atoms with Crippen LogP contribution in [0.1, 0.15) is 37.8 Å². The van der Waals surface area contributed by atoms with E-state index in [1.807, 2.05) is 0 Å². The molecule has 0 amide bonds. The second-order valence-corrected chi connectivity index (χ2v) is 5.83. The molecule has 116 valence electrons. The molecule has 0 spiro atoms. The zero-order chi connectivity index (χ0) is 15.1. The summed E-state index contributed by atoms with van der Waals surface area (Å²) < 4.78 is 0. The van der Waals surface area contributed by atoms with Crippen molar-refractivity contribution < 1.29 is 5.11 Å². The third kappa shape index (κ3) is 4.46. The molecule has 3 N–H and O–H groups in total. The van der Waals surface area contributed by atoms with Crippen molar-refractivity contribution in [2.45, 2.75) is 39.7 Å². The Balaban J connectivity index is 1.96. The summed E-state index contributed by atoms with van der Waals surface area (Å²) in [5, 5.41) is 16.0. The van der Waals surface area contributed by atoms with E-state index in [0.29, 0.717) is 6.54 Å². The normalized spacial score (nSPS) is 16.6. The van der Waals surface area contributed by atoms with Crippen LogP contribution in [0.5, 0.6) is 0 Å². The van der Waals surface area contributed by atoms with Gasteiger partial charge in [-0.25, -0.2) is 4.99 Å². The van der Waals surface area contributed by atoms with Crippen LogP contribution in [0.4, 0.5) is 0 Å². The third-order valence-electron chi connectivity index (χ3n) is 4.17. The van der Waals surface area contributed by atoms with E-state index in [1.165, 1.54) is 11.1 Å². The van der Waals surface area contributed by atoms with E-state index in [9.17, 15) is 5.11 Å². The molecule has 0 aliphatic heterocycles. The molecule has 1 aliphatic rings. The van der Waals surface area contributed by atoms with Gasteiger partial charge in [-0.15, -0.1) is 0 Å². The molecule has 21 heavy (non-hydrogen) atoms. The van der Waals surface area contributed by atoms with Gasteiger partial charge < -0.3 is 15.7 Å². The minimum atomic E-state index is 0.0948. The van der Waals surface area contributed by atoms with Crippen LogP contribution in [0.15, 0.2) is 29.3 Å². The zero-order valence-corrected chi connectivity index (χ0v) is 13.2. The third-order valence-corrected chi connectivity index (χ3v) is 4.17. The molecule has 0 heterocycles. The van der Waals surface area contributed by atoms with E-state index >= 15 is 0 Å². The highest BCUT2D eigenvalue weighted by Gasteiger charge is 2.41. The van der Waals surface area contributed by atoms with Crippen molar-refractivity contribution in [1.29, 1.82) is 0 Å². The van der Waals surface area contributed by atoms with Crippen LogP contribution in [0.2, 0.25) is 0 Å². The minimum absolute atomic E-state index is 0.0948. The summed E-state index contributed by atoms with van der Waals surface area (Å²) in [5.74, 6) is 0.836. The number of guanidine groups is 1. The number of nitrogens with zero attached hydrogens (tertiary/aromatic N) is 1. The molecular weight excluding hydrogens is 262 g/mol. The Kier molecular flexibility index (Phi) is 5.62. The highest BCUT2D eigenvalue weighted by molar-refractivity contribution is 5.79. The van der Waals surface area contributed by atoms with Crippen LogP contribution in [0.3, 0.4) is 0 Å². The molecule has 4 nitrogen and oxygen atoms in total. The van der Waals surface area contributed by atoms with Gasteiger partial charge in [0.2, 0.25) is 0 Å². The fraction of sp³-hybridized carbons (Fsp3) is 0.588. The topological polar surface area (TPSA) is 56.7 Å². The van der Waals surface area contributed by atoms with Crippen molar-refractivity contribution in [2.75, 3.05) is 19.7 Å². The maximum Gasteiger partial charge on any atom is 0.191 e. The average molecular weight is 289 g/mol. The van der Waals surface area contributed by atoms with E-state index in [2.05, 4.69) is 53.7 Å². The predicted octanol–water partition coefficient (Wildman–Crippen LogP) is 2.08. The summed E-state index contributed by atoms with van der Waals surface area (Å²) in [7, 11) is 0. The van der Waals surface area contributed by atoms with E-state index in [0.717, 1.165) is 38.3 Å². The van der Waals surface area contributed by atoms with Gasteiger partial charge in [0, 0.05) is 18.5 Å². The standard InChI is InChI=1S/C17H27N3O/c1-3-14-7-5-6-8-15(14)11-19-16(18-4-2)20-12-17(13-21)9-10-17/h5-8,21H,3-4,9-13H2,1-2H3,(H2,18,19,20). The number of hydrogen-bond donors (Lipinski definition) is 3. The fourth-order valence-electron chi connectivity index (χ4n) is 2.40. The van der Waals surface area contributed by atoms with Crippen LogP contribution in [-0.2, 0) is 13.0 Å². The highest BCUT2D eigenvalue weighted by Crippen LogP contribution is 2.44. The first-order chi connectivity index (χ1) is 10.2. The summed E-state index contributed by atoms with van der Waals surface area (Å²) in [4.78, 5) is 4.67. The number of nitrogens with one attached hydrogen (secondary N) is 2. The van der Waals surface area contributed by atoms with Crippen LogP contribution in [0.25, 0.3) is 0 Å². The molecule has 2 rings (SSSR count). The van der Waals surface area contributed by atoms with E-state index < -0.39 is 0 Å². The summed E-state index contributed by atoms with van der Waals surface area (Å²) in [5.41, 5.74) is 2.73. The second-order valence-electron chi connectivity index (χ2n) is 5.83. The number of aliphatic hydroxyl groups excluding tert-OH is 1. The summed E-state index contributed by atoms with van der Waals surface area (Å²) in [6.45, 7) is 6.82. The smallest absolute Gasteiger partial charge is 0.191 e. The van der Waals surface area contributed by atoms with Gasteiger partial charge in [0.25, 0.3) is 0 Å². The van der Waals surface area contributed by atoms with Crippen LogP contribution < -0.4 is 10.6 Å². The zero-order valence-electron chi connectivity index (χ0n) is 13.2. The average Bonchev–Trinajstić information content (AvgIpc) is 3.31. The van der Waals surface area contributed by atoms with Gasteiger partial charge in [-0.3, -0.25) is 0 Å². The second kappa shape index (κ2) is 7.46. The molecule has 1 aromatic rings. The van der Waals surface area contributed by atoms with Crippen LogP contribution in [-0.4, -0.2) is 30.8 Å². The lowest BCUT2D eigenvalue weighted by molar-refractivity contribution is 0.212. The van der Waals surface area contributed by atoms with Gasteiger partial charge >= 0.3 is 0 Å². The van der Waals surface area contributed by atoms with Crippen molar-refractivity contribution in [3.05, 3.63) is 35.4 Å². The molecule has 1 fully saturated rings. The Labute approximate surface area is 127 Å². The number of hydrogen-bond acceptors (Lipinski definition) is 2. The highest BCUT2D eigenvalue weighted by atomic mass is 16.3. The van der Waals surface area contributed by atoms with Crippen molar-refractivity contribution in [3.63, 3.8) is 0 Å². The van der Waals surface area contributed by atoms with Crippen molar-refractivity contribution in [2.24, 2.45) is 10.4 Å². The first kappa shape index (κ1) is 15.8. The van der Waals surface area contributed by atoms with Gasteiger partial charge in [-0.1, -0.05) is 31.2 Å². The summed E-state index contributed by atoms with van der Waals surface area (Å²) in [6.07, 6.45) is 3.24. The predicted molar refractivity (Wildman–Crippen MR) is 87.4 cm³/mol. The number of aliphatic imine (C=N–C) groups is 1. The Morgan fingerprint density at radius 1 is 1.19 bits per heavy atom. The molecule has 1 aromatic carbocycles. The Morgan fingerprint density at radius 2 is 1.90 bits per heavy atom. The van der Waals surface area contributed by atoms with Gasteiger partial charge in [-0.2, -0.15) is 0 Å². The molecule has 1 aliphatic carbocycles. The quantitative estimate of drug-likeness (QED) is 0.532. The van der Waals surface area contributed by atoms with E-state index in [4.69, 9.17) is 0 Å². The Hall–Kier alpha value is -1.55. The summed E-state index contributed by atoms with van der Waals surface area (Å²) in [6, 6.07) is 8.45. The number of rotatable bonds is 7. The lowest BCUT2D eigenvalue weighted by Gasteiger charge is -2.16. The lowest BCUT2D eigenvalue weighted by atomic mass is 10.1. The van der Waals surface area contributed by atoms with Crippen molar-refractivity contribution in [3.8, 4) is 0 Å². The molecule has 0 atom stereocenters. The Morgan fingerprint density at radius 3 is 2.48 bits per heavy atom. The molecule has 0 aromatic heterocycles. The molecular formula is C17H27N3O. The molecule has 0 bridgehead atoms. The number of benzene rings is 1. The van der Waals surface area contributed by atoms with Crippen LogP contribution >= 0.6 is 0 Å². The maximum atomic E-state index is 9.38. The lowest BCUT2D eigenvalue weighted by Crippen LogP contribution is -2.41. The first-order valence-corrected chi connectivity index (χ1v) is 7.93. The van der Waals surface area contributed by atoms with Gasteiger partial charge in [0.05, 0.1) is 13.2 Å². The van der Waals surface area contributed by atoms with Crippen LogP contribution in [0, 0.1) is 5.41 Å². The molecule has 1 saturated carbocycles. The fourth-order valence-corrected chi connectivity index (χ4v) is 2.40. The van der Waals surface area contributed by atoms with Gasteiger partial charge in [0.15, 0.2) is 5.96 Å².